The van der Waals surface area contributed by atoms with Crippen molar-refractivity contribution in [1.82, 2.24) is 9.97 Å². The van der Waals surface area contributed by atoms with Gasteiger partial charge in [-0.2, -0.15) is 0 Å². The molecule has 0 radical (unpaired) electrons. The van der Waals surface area contributed by atoms with Crippen molar-refractivity contribution in [2.75, 3.05) is 24.3 Å². The highest BCUT2D eigenvalue weighted by atomic mass is 16.5. The van der Waals surface area contributed by atoms with E-state index in [0.29, 0.717) is 30.5 Å². The number of nitrogens with two attached hydrogens (primary N) is 1. The van der Waals surface area contributed by atoms with Crippen LogP contribution in [0.15, 0.2) is 42.7 Å². The number of hydrogen-bond acceptors (Lipinski definition) is 6. The van der Waals surface area contributed by atoms with Crippen LogP contribution in [-0.4, -0.2) is 23.2 Å². The zero-order valence-corrected chi connectivity index (χ0v) is 13.7. The largest absolute Gasteiger partial charge is 0.494 e. The van der Waals surface area contributed by atoms with Crippen LogP contribution in [0.5, 0.6) is 11.5 Å². The van der Waals surface area contributed by atoms with E-state index in [9.17, 15) is 0 Å². The number of aromatic nitrogens is 2. The summed E-state index contributed by atoms with van der Waals surface area (Å²) in [4.78, 5) is 8.72. The Labute approximate surface area is 140 Å². The highest BCUT2D eigenvalue weighted by Crippen LogP contribution is 2.35. The van der Waals surface area contributed by atoms with E-state index in [-0.39, 0.29) is 0 Å². The van der Waals surface area contributed by atoms with Gasteiger partial charge in [-0.1, -0.05) is 0 Å². The maximum atomic E-state index is 5.78. The molecule has 0 aliphatic carbocycles. The minimum Gasteiger partial charge on any atom is -0.494 e. The number of ether oxygens (including phenoxy) is 2. The lowest BCUT2D eigenvalue weighted by molar-refractivity contribution is 0.326. The summed E-state index contributed by atoms with van der Waals surface area (Å²) in [6.07, 6.45) is 1.52. The molecule has 3 rings (SSSR count). The average Bonchev–Trinajstić information content (AvgIpc) is 2.57. The Balaban J connectivity index is 2.08. The molecule has 0 amide bonds. The normalized spacial score (nSPS) is 10.6. The predicted molar refractivity (Wildman–Crippen MR) is 96.0 cm³/mol. The Hall–Kier alpha value is -3.02. The number of anilines is 3. The van der Waals surface area contributed by atoms with Gasteiger partial charge in [0.2, 0.25) is 0 Å². The number of hydrogen-bond donors (Lipinski definition) is 2. The zero-order chi connectivity index (χ0) is 16.9. The van der Waals surface area contributed by atoms with E-state index in [1.807, 2.05) is 50.2 Å². The molecule has 0 aliphatic rings. The second-order valence-corrected chi connectivity index (χ2v) is 5.15. The van der Waals surface area contributed by atoms with Crippen LogP contribution in [-0.2, 0) is 0 Å². The van der Waals surface area contributed by atoms with E-state index >= 15 is 0 Å². The van der Waals surface area contributed by atoms with E-state index in [1.165, 1.54) is 6.33 Å². The zero-order valence-electron chi connectivity index (χ0n) is 13.7. The first-order chi connectivity index (χ1) is 11.7. The third-order valence-electron chi connectivity index (χ3n) is 3.46. The molecule has 0 bridgehead atoms. The van der Waals surface area contributed by atoms with Gasteiger partial charge in [-0.15, -0.1) is 0 Å². The van der Waals surface area contributed by atoms with Crippen LogP contribution in [0.3, 0.4) is 0 Å². The second kappa shape index (κ2) is 7.04. The molecule has 0 fully saturated rings. The molecule has 0 aliphatic heterocycles. The van der Waals surface area contributed by atoms with Crippen LogP contribution in [0.1, 0.15) is 13.8 Å². The van der Waals surface area contributed by atoms with Crippen molar-refractivity contribution < 1.29 is 9.47 Å². The minimum atomic E-state index is 0.543. The van der Waals surface area contributed by atoms with Crippen LogP contribution in [0.25, 0.3) is 10.9 Å². The smallest absolute Gasteiger partial charge is 0.145 e. The summed E-state index contributed by atoms with van der Waals surface area (Å²) in [5.41, 5.74) is 8.10. The topological polar surface area (TPSA) is 82.3 Å². The van der Waals surface area contributed by atoms with Crippen LogP contribution < -0.4 is 20.5 Å². The Morgan fingerprint density at radius 2 is 1.75 bits per heavy atom. The van der Waals surface area contributed by atoms with E-state index in [0.717, 1.165) is 22.3 Å². The second-order valence-electron chi connectivity index (χ2n) is 5.15. The van der Waals surface area contributed by atoms with Crippen molar-refractivity contribution in [3.63, 3.8) is 0 Å². The van der Waals surface area contributed by atoms with Gasteiger partial charge in [-0.25, -0.2) is 9.97 Å². The summed E-state index contributed by atoms with van der Waals surface area (Å²) in [7, 11) is 0. The molecule has 0 saturated heterocycles. The van der Waals surface area contributed by atoms with Crippen molar-refractivity contribution in [3.8, 4) is 11.5 Å². The molecule has 0 unspecified atom stereocenters. The SMILES string of the molecule is CCOc1cc(OCC)c2c(Nc3ccc(N)cc3)ncnc2c1. The third kappa shape index (κ3) is 3.32. The predicted octanol–water partition coefficient (Wildman–Crippen LogP) is 3.75. The molecule has 0 saturated carbocycles. The van der Waals surface area contributed by atoms with E-state index in [2.05, 4.69) is 15.3 Å². The molecular weight excluding hydrogens is 304 g/mol. The molecule has 1 heterocycles. The van der Waals surface area contributed by atoms with Crippen LogP contribution in [0.2, 0.25) is 0 Å². The van der Waals surface area contributed by atoms with Crippen LogP contribution >= 0.6 is 0 Å². The van der Waals surface area contributed by atoms with Crippen LogP contribution in [0, 0.1) is 0 Å². The molecule has 0 spiro atoms. The average molecular weight is 324 g/mol. The summed E-state index contributed by atoms with van der Waals surface area (Å²) in [5, 5.41) is 4.12. The Morgan fingerprint density at radius 3 is 2.46 bits per heavy atom. The summed E-state index contributed by atoms with van der Waals surface area (Å²) in [6, 6.07) is 11.2. The Morgan fingerprint density at radius 1 is 1.00 bits per heavy atom. The highest BCUT2D eigenvalue weighted by molar-refractivity contribution is 5.96. The van der Waals surface area contributed by atoms with Crippen molar-refractivity contribution in [1.29, 1.82) is 0 Å². The monoisotopic (exact) mass is 324 g/mol. The molecule has 6 nitrogen and oxygen atoms in total. The third-order valence-corrected chi connectivity index (χ3v) is 3.46. The summed E-state index contributed by atoms with van der Waals surface area (Å²) in [5.74, 6) is 2.10. The maximum absolute atomic E-state index is 5.78. The van der Waals surface area contributed by atoms with E-state index in [1.54, 1.807) is 0 Å². The van der Waals surface area contributed by atoms with Gasteiger partial charge in [0.1, 0.15) is 23.6 Å². The van der Waals surface area contributed by atoms with Gasteiger partial charge in [0, 0.05) is 23.5 Å². The van der Waals surface area contributed by atoms with Gasteiger partial charge in [0.25, 0.3) is 0 Å². The van der Waals surface area contributed by atoms with Gasteiger partial charge in [-0.3, -0.25) is 0 Å². The number of nitrogen functional groups attached to an aromatic ring is 1. The summed E-state index contributed by atoms with van der Waals surface area (Å²) in [6.45, 7) is 5.01. The molecule has 124 valence electrons. The fourth-order valence-electron chi connectivity index (χ4n) is 2.45. The fourth-order valence-corrected chi connectivity index (χ4v) is 2.45. The molecule has 0 atom stereocenters. The molecule has 3 N–H and O–H groups in total. The number of fused-ring (bicyclic) bond motifs is 1. The minimum absolute atomic E-state index is 0.543. The van der Waals surface area contributed by atoms with Crippen molar-refractivity contribution in [2.24, 2.45) is 0 Å². The lowest BCUT2D eigenvalue weighted by Crippen LogP contribution is -2.01. The van der Waals surface area contributed by atoms with E-state index < -0.39 is 0 Å². The molecule has 24 heavy (non-hydrogen) atoms. The lowest BCUT2D eigenvalue weighted by atomic mass is 10.2. The first-order valence-electron chi connectivity index (χ1n) is 7.88. The first kappa shape index (κ1) is 15.9. The van der Waals surface area contributed by atoms with Gasteiger partial charge >= 0.3 is 0 Å². The molecular formula is C18H20N4O2. The molecule has 6 heteroatoms. The number of benzene rings is 2. The standard InChI is InChI=1S/C18H20N4O2/c1-3-23-14-9-15-17(16(10-14)24-4-2)18(21-11-20-15)22-13-7-5-12(19)6-8-13/h5-11H,3-4,19H2,1-2H3,(H,20,21,22). The van der Waals surface area contributed by atoms with Crippen molar-refractivity contribution in [2.45, 2.75) is 13.8 Å². The maximum Gasteiger partial charge on any atom is 0.145 e. The Bertz CT molecular complexity index is 834. The highest BCUT2D eigenvalue weighted by Gasteiger charge is 2.13. The fraction of sp³-hybridized carbons (Fsp3) is 0.222. The number of nitrogens with one attached hydrogen (secondary N) is 1. The quantitative estimate of drug-likeness (QED) is 0.672. The molecule has 3 aromatic rings. The first-order valence-corrected chi connectivity index (χ1v) is 7.88. The van der Waals surface area contributed by atoms with Crippen LogP contribution in [0.4, 0.5) is 17.2 Å². The van der Waals surface area contributed by atoms with Crippen molar-refractivity contribution >= 4 is 28.1 Å². The Kier molecular flexibility index (Phi) is 4.65. The van der Waals surface area contributed by atoms with Gasteiger partial charge in [-0.05, 0) is 38.1 Å². The van der Waals surface area contributed by atoms with Gasteiger partial charge < -0.3 is 20.5 Å². The van der Waals surface area contributed by atoms with Gasteiger partial charge in [0.05, 0.1) is 24.1 Å². The number of nitrogens with zero attached hydrogens (tertiary/aromatic N) is 2. The number of rotatable bonds is 6. The summed E-state index contributed by atoms with van der Waals surface area (Å²) < 4.78 is 11.4. The molecule has 2 aromatic carbocycles. The summed E-state index contributed by atoms with van der Waals surface area (Å²) >= 11 is 0. The van der Waals surface area contributed by atoms with E-state index in [4.69, 9.17) is 15.2 Å². The molecule has 1 aromatic heterocycles. The lowest BCUT2D eigenvalue weighted by Gasteiger charge is -2.14. The van der Waals surface area contributed by atoms with Gasteiger partial charge in [0.15, 0.2) is 0 Å². The van der Waals surface area contributed by atoms with Crippen molar-refractivity contribution in [3.05, 3.63) is 42.7 Å².